The maximum Gasteiger partial charge on any atom is 0.398 e. The van der Waals surface area contributed by atoms with Gasteiger partial charge in [0.15, 0.2) is 0 Å². The largest absolute Gasteiger partial charge is 0.490 e. The standard InChI is InChI=1S/C31H43F3O4.C26H38O5.C23H32O4.C21H28O4/c1-5-30(4,31(32,33)34)27-13-15-28(16-14-27)37-17-18-38-29-25(21-35-6-2)19-24(20-26(29)22-36-7-3)23-11-9-8-10-12-23;1-7-26(4,18-27)23-8-10-24(11-9-23)30-12-13-31-25-21(16-28-5)14-20(19(2)3)15-22(25)17-29-6;1-6-18(3)19-7-9-22(10-8-19)26-11-12-27-23-20(15-24-4)13-17(2)14-21(23)16-25-5;1-4-16(3)17-5-7-20(8-6-17)24-9-10-25-21-18(13-22)11-15(2)12-19(21)14-23/h13-16,19-20,23H,5-12,17-18,21-22H2,1-4H3;8-11,14-15,19,27H,7,12-13,16-18H2,1-6H3;7-10,13-14,18H,6,11-12,15-16H2,1-5H3;5-8,11-12,16,22-23H,4,9-10,13-14H2,1-3H3. The first kappa shape index (κ1) is 101. The summed E-state index contributed by atoms with van der Waals surface area (Å²) < 4.78 is 121. The van der Waals surface area contributed by atoms with Crippen LogP contribution in [-0.2, 0) is 92.1 Å². The van der Waals surface area contributed by atoms with Crippen LogP contribution in [0, 0.1) is 13.8 Å². The minimum Gasteiger partial charge on any atom is -0.490 e. The summed E-state index contributed by atoms with van der Waals surface area (Å²) in [5.41, 5.74) is 14.1. The molecule has 0 amide bonds. The summed E-state index contributed by atoms with van der Waals surface area (Å²) in [4.78, 5) is 0. The second-order valence-corrected chi connectivity index (χ2v) is 31.8. The van der Waals surface area contributed by atoms with Crippen molar-refractivity contribution in [1.29, 1.82) is 0 Å². The van der Waals surface area contributed by atoms with E-state index in [0.29, 0.717) is 139 Å². The van der Waals surface area contributed by atoms with Crippen molar-refractivity contribution in [3.8, 4) is 46.0 Å². The van der Waals surface area contributed by atoms with E-state index in [-0.39, 0.29) is 50.4 Å². The van der Waals surface area contributed by atoms with Crippen molar-refractivity contribution in [2.75, 3.05) is 101 Å². The van der Waals surface area contributed by atoms with Crippen LogP contribution in [0.2, 0.25) is 0 Å². The average molecular weight is 1680 g/mol. The van der Waals surface area contributed by atoms with Crippen LogP contribution in [0.4, 0.5) is 13.2 Å². The Kier molecular flexibility index (Phi) is 44.9. The molecule has 20 heteroatoms. The van der Waals surface area contributed by atoms with Gasteiger partial charge in [0.1, 0.15) is 98.9 Å². The summed E-state index contributed by atoms with van der Waals surface area (Å²) in [5, 5.41) is 28.7. The predicted molar refractivity (Wildman–Crippen MR) is 476 cm³/mol. The molecule has 0 spiro atoms. The highest BCUT2D eigenvalue weighted by Gasteiger charge is 2.50. The molecular formula is C101H141F3O17. The van der Waals surface area contributed by atoms with Crippen LogP contribution in [0.3, 0.4) is 0 Å². The Morgan fingerprint density at radius 1 is 0.372 bits per heavy atom. The summed E-state index contributed by atoms with van der Waals surface area (Å²) in [6.07, 6.45) is 5.02. The van der Waals surface area contributed by atoms with E-state index in [2.05, 4.69) is 123 Å². The third-order valence-electron chi connectivity index (χ3n) is 22.5. The Morgan fingerprint density at radius 3 is 0.983 bits per heavy atom. The quantitative estimate of drug-likeness (QED) is 0.0305. The lowest BCUT2D eigenvalue weighted by Crippen LogP contribution is -2.38. The Labute approximate surface area is 721 Å². The van der Waals surface area contributed by atoms with Crippen LogP contribution in [0.5, 0.6) is 46.0 Å². The molecule has 1 aliphatic rings. The number of rotatable bonds is 47. The van der Waals surface area contributed by atoms with Gasteiger partial charge in [-0.3, -0.25) is 0 Å². The Hall–Kier alpha value is -8.41. The van der Waals surface area contributed by atoms with Crippen LogP contribution in [0.25, 0.3) is 0 Å². The smallest absolute Gasteiger partial charge is 0.398 e. The van der Waals surface area contributed by atoms with E-state index in [1.54, 1.807) is 47.5 Å². The minimum absolute atomic E-state index is 0.0295. The Bertz CT molecular complexity index is 4110. The number of aryl methyl sites for hydroxylation is 2. The molecule has 9 rings (SSSR count). The summed E-state index contributed by atoms with van der Waals surface area (Å²) in [5.74, 6) is 8.02. The maximum absolute atomic E-state index is 13.6. The molecule has 8 aromatic rings. The Morgan fingerprint density at radius 2 is 0.686 bits per heavy atom. The van der Waals surface area contributed by atoms with Crippen molar-refractivity contribution < 1.29 is 94.8 Å². The van der Waals surface area contributed by atoms with Gasteiger partial charge < -0.3 is 81.6 Å². The monoisotopic (exact) mass is 1680 g/mol. The van der Waals surface area contributed by atoms with Crippen LogP contribution in [0.15, 0.2) is 146 Å². The number of aliphatic hydroxyl groups excluding tert-OH is 3. The van der Waals surface area contributed by atoms with Crippen molar-refractivity contribution >= 4 is 0 Å². The maximum atomic E-state index is 13.6. The normalized spacial score (nSPS) is 13.7. The first-order valence-electron chi connectivity index (χ1n) is 43.3. The molecule has 8 aromatic carbocycles. The molecule has 1 aliphatic carbocycles. The van der Waals surface area contributed by atoms with E-state index in [4.69, 9.17) is 66.3 Å². The van der Waals surface area contributed by atoms with Gasteiger partial charge in [0, 0.05) is 91.6 Å². The molecule has 0 aromatic heterocycles. The lowest BCUT2D eigenvalue weighted by molar-refractivity contribution is -0.186. The summed E-state index contributed by atoms with van der Waals surface area (Å²) >= 11 is 0. The number of hydrogen-bond acceptors (Lipinski definition) is 17. The van der Waals surface area contributed by atoms with Gasteiger partial charge >= 0.3 is 6.18 Å². The number of ether oxygens (including phenoxy) is 14. The van der Waals surface area contributed by atoms with E-state index in [0.717, 1.165) is 98.3 Å². The lowest BCUT2D eigenvalue weighted by atomic mass is 9.79. The first-order chi connectivity index (χ1) is 58.3. The predicted octanol–water partition coefficient (Wildman–Crippen LogP) is 22.9. The zero-order valence-corrected chi connectivity index (χ0v) is 75.7. The fourth-order valence-electron chi connectivity index (χ4n) is 14.4. The number of alkyl halides is 3. The minimum atomic E-state index is -4.32. The number of benzene rings is 8. The molecule has 0 saturated heterocycles. The molecular weight excluding hydrogens is 1540 g/mol. The highest BCUT2D eigenvalue weighted by molar-refractivity contribution is 5.49. The van der Waals surface area contributed by atoms with Gasteiger partial charge in [0.05, 0.1) is 64.9 Å². The van der Waals surface area contributed by atoms with Crippen molar-refractivity contribution in [3.63, 3.8) is 0 Å². The van der Waals surface area contributed by atoms with Crippen molar-refractivity contribution in [1.82, 2.24) is 0 Å². The van der Waals surface area contributed by atoms with E-state index in [1.165, 1.54) is 79.0 Å². The van der Waals surface area contributed by atoms with Gasteiger partial charge in [0.25, 0.3) is 0 Å². The van der Waals surface area contributed by atoms with E-state index < -0.39 is 11.6 Å². The molecule has 17 nitrogen and oxygen atoms in total. The third-order valence-corrected chi connectivity index (χ3v) is 22.5. The van der Waals surface area contributed by atoms with Crippen molar-refractivity contribution in [3.05, 3.63) is 235 Å². The lowest BCUT2D eigenvalue weighted by Gasteiger charge is -2.31. The van der Waals surface area contributed by atoms with E-state index in [1.807, 2.05) is 81.4 Å². The molecule has 668 valence electrons. The van der Waals surface area contributed by atoms with Gasteiger partial charge in [-0.25, -0.2) is 0 Å². The fraction of sp³-hybridized carbons (Fsp3) is 0.525. The van der Waals surface area contributed by atoms with Gasteiger partial charge in [-0.2, -0.15) is 13.2 Å². The fourth-order valence-corrected chi connectivity index (χ4v) is 14.4. The molecule has 3 N–H and O–H groups in total. The second-order valence-electron chi connectivity index (χ2n) is 31.8. The molecule has 4 unspecified atom stereocenters. The topological polar surface area (TPSA) is 190 Å². The molecule has 1 fully saturated rings. The highest BCUT2D eigenvalue weighted by atomic mass is 19.4. The summed E-state index contributed by atoms with van der Waals surface area (Å²) in [6.45, 7) is 35.1. The van der Waals surface area contributed by atoms with Gasteiger partial charge in [0.2, 0.25) is 0 Å². The van der Waals surface area contributed by atoms with E-state index in [9.17, 15) is 28.5 Å². The second kappa shape index (κ2) is 53.6. The van der Waals surface area contributed by atoms with Crippen LogP contribution >= 0.6 is 0 Å². The molecule has 0 heterocycles. The summed E-state index contributed by atoms with van der Waals surface area (Å²) in [7, 11) is 6.76. The molecule has 0 aliphatic heterocycles. The molecule has 4 atom stereocenters. The highest BCUT2D eigenvalue weighted by Crippen LogP contribution is 2.45. The molecule has 0 radical (unpaired) electrons. The van der Waals surface area contributed by atoms with Crippen molar-refractivity contribution in [2.24, 2.45) is 0 Å². The third kappa shape index (κ3) is 31.7. The molecule has 1 saturated carbocycles. The Balaban J connectivity index is 0.000000253. The van der Waals surface area contributed by atoms with E-state index >= 15 is 0 Å². The SMILES string of the molecule is CCC(C)(CO)c1ccc(OCCOc2c(COC)cc(C(C)C)cc2COC)cc1.CCC(C)c1ccc(OCCOc2c(CO)cc(C)cc2CO)cc1.CCC(C)c1ccc(OCCOc2c(COC)cc(C)cc2COC)cc1.CCOCc1cc(C2CCCCC2)cc(COCC)c1OCCOc1ccc(C(C)(CC)C(F)(F)F)cc1. The van der Waals surface area contributed by atoms with Gasteiger partial charge in [-0.05, 0) is 203 Å². The zero-order valence-electron chi connectivity index (χ0n) is 75.7. The molecule has 121 heavy (non-hydrogen) atoms. The number of methoxy groups -OCH3 is 4. The summed E-state index contributed by atoms with van der Waals surface area (Å²) in [6, 6.07) is 47.2. The average Bonchev–Trinajstić information content (AvgIpc) is 0.716. The van der Waals surface area contributed by atoms with Crippen LogP contribution in [-0.4, -0.2) is 123 Å². The number of hydrogen-bond donors (Lipinski definition) is 3. The van der Waals surface area contributed by atoms with Crippen molar-refractivity contribution in [2.45, 2.75) is 248 Å². The van der Waals surface area contributed by atoms with Crippen LogP contribution in [0.1, 0.15) is 254 Å². The first-order valence-corrected chi connectivity index (χ1v) is 43.3. The molecule has 0 bridgehead atoms. The number of aliphatic hydroxyl groups is 3. The van der Waals surface area contributed by atoms with Gasteiger partial charge in [-0.15, -0.1) is 0 Å². The zero-order chi connectivity index (χ0) is 88.3. The number of halogens is 3. The van der Waals surface area contributed by atoms with Crippen LogP contribution < -0.4 is 37.9 Å². The van der Waals surface area contributed by atoms with Gasteiger partial charge in [-0.1, -0.05) is 165 Å².